The predicted octanol–water partition coefficient (Wildman–Crippen LogP) is 1.24. The standard InChI is InChI=1S/C16H22N4O3/c1-3-8-17-16(22)14-19-13(12-7-4-5-10-20(12)14)15(21)18-9-6-11-23-2/h4-5,7,10H,3,6,8-9,11H2,1-2H3,(H,17,22)(H,18,21). The van der Waals surface area contributed by atoms with Gasteiger partial charge in [-0.25, -0.2) is 4.98 Å². The minimum absolute atomic E-state index is 0.219. The highest BCUT2D eigenvalue weighted by molar-refractivity contribution is 6.02. The van der Waals surface area contributed by atoms with Gasteiger partial charge in [-0.05, 0) is 25.0 Å². The average molecular weight is 318 g/mol. The highest BCUT2D eigenvalue weighted by Gasteiger charge is 2.20. The zero-order valence-electron chi connectivity index (χ0n) is 13.5. The zero-order chi connectivity index (χ0) is 16.7. The van der Waals surface area contributed by atoms with Gasteiger partial charge in [0.15, 0.2) is 5.69 Å². The first-order valence-electron chi connectivity index (χ1n) is 7.71. The number of rotatable bonds is 8. The maximum atomic E-state index is 12.3. The molecule has 2 amide bonds. The van der Waals surface area contributed by atoms with Gasteiger partial charge in [0.25, 0.3) is 11.8 Å². The summed E-state index contributed by atoms with van der Waals surface area (Å²) in [6.07, 6.45) is 3.28. The van der Waals surface area contributed by atoms with Crippen LogP contribution in [0.2, 0.25) is 0 Å². The molecule has 0 spiro atoms. The second-order valence-electron chi connectivity index (χ2n) is 5.10. The summed E-state index contributed by atoms with van der Waals surface area (Å²) in [5, 5.41) is 5.58. The zero-order valence-corrected chi connectivity index (χ0v) is 13.5. The van der Waals surface area contributed by atoms with Gasteiger partial charge in [0.1, 0.15) is 0 Å². The molecule has 2 aromatic rings. The second-order valence-corrected chi connectivity index (χ2v) is 5.10. The minimum atomic E-state index is -0.292. The van der Waals surface area contributed by atoms with Crippen LogP contribution in [0.4, 0.5) is 0 Å². The van der Waals surface area contributed by atoms with Crippen molar-refractivity contribution in [2.45, 2.75) is 19.8 Å². The number of ether oxygens (including phenoxy) is 1. The van der Waals surface area contributed by atoms with Gasteiger partial charge in [0, 0.05) is 33.0 Å². The van der Waals surface area contributed by atoms with E-state index in [4.69, 9.17) is 4.74 Å². The summed E-state index contributed by atoms with van der Waals surface area (Å²) in [5.41, 5.74) is 0.864. The van der Waals surface area contributed by atoms with E-state index in [1.54, 1.807) is 29.8 Å². The Morgan fingerprint density at radius 2 is 2.00 bits per heavy atom. The number of pyridine rings is 1. The molecule has 0 radical (unpaired) electrons. The van der Waals surface area contributed by atoms with E-state index in [-0.39, 0.29) is 23.3 Å². The van der Waals surface area contributed by atoms with Gasteiger partial charge in [-0.2, -0.15) is 0 Å². The van der Waals surface area contributed by atoms with Crippen molar-refractivity contribution in [2.24, 2.45) is 0 Å². The predicted molar refractivity (Wildman–Crippen MR) is 86.6 cm³/mol. The van der Waals surface area contributed by atoms with Gasteiger partial charge in [0.05, 0.1) is 5.52 Å². The SMILES string of the molecule is CCCNC(=O)c1nc(C(=O)NCCCOC)c2ccccn12. The molecule has 2 heterocycles. The fraction of sp³-hybridized carbons (Fsp3) is 0.438. The number of carbonyl (C=O) groups excluding carboxylic acids is 2. The highest BCUT2D eigenvalue weighted by atomic mass is 16.5. The van der Waals surface area contributed by atoms with Crippen LogP contribution >= 0.6 is 0 Å². The molecule has 23 heavy (non-hydrogen) atoms. The smallest absolute Gasteiger partial charge is 0.287 e. The van der Waals surface area contributed by atoms with E-state index in [9.17, 15) is 9.59 Å². The highest BCUT2D eigenvalue weighted by Crippen LogP contribution is 2.13. The number of imidazole rings is 1. The number of aromatic nitrogens is 2. The molecule has 0 aliphatic carbocycles. The molecule has 2 aromatic heterocycles. The normalized spacial score (nSPS) is 10.7. The van der Waals surface area contributed by atoms with Crippen molar-refractivity contribution in [3.05, 3.63) is 35.9 Å². The topological polar surface area (TPSA) is 84.7 Å². The number of methoxy groups -OCH3 is 1. The van der Waals surface area contributed by atoms with E-state index in [2.05, 4.69) is 15.6 Å². The third-order valence-electron chi connectivity index (χ3n) is 3.31. The van der Waals surface area contributed by atoms with Crippen LogP contribution in [0.25, 0.3) is 5.52 Å². The Labute approximate surface area is 135 Å². The van der Waals surface area contributed by atoms with Crippen LogP contribution in [-0.4, -0.2) is 48.0 Å². The van der Waals surface area contributed by atoms with E-state index in [1.165, 1.54) is 0 Å². The van der Waals surface area contributed by atoms with Gasteiger partial charge in [-0.1, -0.05) is 13.0 Å². The van der Waals surface area contributed by atoms with Crippen LogP contribution in [0.15, 0.2) is 24.4 Å². The molecule has 7 heteroatoms. The van der Waals surface area contributed by atoms with E-state index < -0.39 is 0 Å². The average Bonchev–Trinajstić information content (AvgIpc) is 2.96. The van der Waals surface area contributed by atoms with E-state index in [1.807, 2.05) is 13.0 Å². The van der Waals surface area contributed by atoms with Crippen molar-refractivity contribution in [2.75, 3.05) is 26.8 Å². The van der Waals surface area contributed by atoms with Crippen molar-refractivity contribution in [1.29, 1.82) is 0 Å². The number of nitrogens with zero attached hydrogens (tertiary/aromatic N) is 2. The fourth-order valence-corrected chi connectivity index (χ4v) is 2.18. The van der Waals surface area contributed by atoms with Crippen LogP contribution in [0, 0.1) is 0 Å². The molecule has 0 fully saturated rings. The largest absolute Gasteiger partial charge is 0.385 e. The Balaban J connectivity index is 2.23. The first kappa shape index (κ1) is 17.0. The van der Waals surface area contributed by atoms with Crippen molar-refractivity contribution in [1.82, 2.24) is 20.0 Å². The number of amides is 2. The van der Waals surface area contributed by atoms with Crippen LogP contribution in [0.1, 0.15) is 40.9 Å². The second kappa shape index (κ2) is 8.28. The van der Waals surface area contributed by atoms with E-state index >= 15 is 0 Å². The van der Waals surface area contributed by atoms with Gasteiger partial charge in [-0.15, -0.1) is 0 Å². The van der Waals surface area contributed by atoms with Crippen LogP contribution in [-0.2, 0) is 4.74 Å². The van der Waals surface area contributed by atoms with Crippen LogP contribution < -0.4 is 10.6 Å². The summed E-state index contributed by atoms with van der Waals surface area (Å²) in [6, 6.07) is 5.38. The molecular formula is C16H22N4O3. The van der Waals surface area contributed by atoms with E-state index in [0.717, 1.165) is 12.8 Å². The Hall–Kier alpha value is -2.41. The monoisotopic (exact) mass is 318 g/mol. The first-order valence-corrected chi connectivity index (χ1v) is 7.71. The summed E-state index contributed by atoms with van der Waals surface area (Å²) in [7, 11) is 1.62. The lowest BCUT2D eigenvalue weighted by Gasteiger charge is -2.02. The fourth-order valence-electron chi connectivity index (χ4n) is 2.18. The van der Waals surface area contributed by atoms with Gasteiger partial charge in [-0.3, -0.25) is 14.0 Å². The lowest BCUT2D eigenvalue weighted by atomic mass is 10.3. The molecule has 124 valence electrons. The summed E-state index contributed by atoms with van der Waals surface area (Å²) < 4.78 is 6.58. The summed E-state index contributed by atoms with van der Waals surface area (Å²) in [4.78, 5) is 28.8. The number of hydrogen-bond donors (Lipinski definition) is 2. The molecule has 0 aliphatic heterocycles. The van der Waals surface area contributed by atoms with Crippen molar-refractivity contribution < 1.29 is 14.3 Å². The molecular weight excluding hydrogens is 296 g/mol. The molecule has 2 N–H and O–H groups in total. The summed E-state index contributed by atoms with van der Waals surface area (Å²) >= 11 is 0. The Bertz CT molecular complexity index is 681. The van der Waals surface area contributed by atoms with Gasteiger partial charge >= 0.3 is 0 Å². The maximum Gasteiger partial charge on any atom is 0.287 e. The minimum Gasteiger partial charge on any atom is -0.385 e. The van der Waals surface area contributed by atoms with E-state index in [0.29, 0.717) is 25.2 Å². The van der Waals surface area contributed by atoms with Crippen molar-refractivity contribution in [3.8, 4) is 0 Å². The Morgan fingerprint density at radius 1 is 1.22 bits per heavy atom. The number of nitrogens with one attached hydrogen (secondary N) is 2. The maximum absolute atomic E-state index is 12.3. The lowest BCUT2D eigenvalue weighted by molar-refractivity contribution is 0.0942. The first-order chi connectivity index (χ1) is 11.2. The molecule has 7 nitrogen and oxygen atoms in total. The molecule has 0 aliphatic rings. The lowest BCUT2D eigenvalue weighted by Crippen LogP contribution is -2.27. The van der Waals surface area contributed by atoms with Crippen LogP contribution in [0.3, 0.4) is 0 Å². The number of carbonyl (C=O) groups is 2. The Kier molecular flexibility index (Phi) is 6.10. The third-order valence-corrected chi connectivity index (χ3v) is 3.31. The Morgan fingerprint density at radius 3 is 2.74 bits per heavy atom. The number of fused-ring (bicyclic) bond motifs is 1. The third kappa shape index (κ3) is 4.07. The van der Waals surface area contributed by atoms with Crippen molar-refractivity contribution in [3.63, 3.8) is 0 Å². The molecule has 0 aromatic carbocycles. The quantitative estimate of drug-likeness (QED) is 0.717. The molecule has 0 saturated carbocycles. The van der Waals surface area contributed by atoms with Gasteiger partial charge in [0.2, 0.25) is 5.82 Å². The molecule has 2 rings (SSSR count). The molecule has 0 bridgehead atoms. The van der Waals surface area contributed by atoms with Gasteiger partial charge < -0.3 is 15.4 Å². The molecule has 0 atom stereocenters. The molecule has 0 saturated heterocycles. The van der Waals surface area contributed by atoms with Crippen LogP contribution in [0.5, 0.6) is 0 Å². The molecule has 0 unspecified atom stereocenters. The number of hydrogen-bond acceptors (Lipinski definition) is 4. The van der Waals surface area contributed by atoms with Crippen molar-refractivity contribution >= 4 is 17.3 Å². The summed E-state index contributed by atoms with van der Waals surface area (Å²) in [6.45, 7) is 3.62. The summed E-state index contributed by atoms with van der Waals surface area (Å²) in [5.74, 6) is -0.359.